The SMILES string of the molecule is CCCCC(C)C(C)(/C=C/[C@@H]1[C@@H](CCCC/C=C/C(=O)OC)[C@@H](O)C[C@H]1OC1CCCCO1)OC1CCCCO1. The average molecular weight is 565 g/mol. The van der Waals surface area contributed by atoms with Crippen molar-refractivity contribution in [2.75, 3.05) is 20.3 Å². The van der Waals surface area contributed by atoms with Crippen LogP contribution in [0.2, 0.25) is 0 Å². The lowest BCUT2D eigenvalue weighted by molar-refractivity contribution is -0.219. The van der Waals surface area contributed by atoms with Crippen molar-refractivity contribution in [2.45, 2.75) is 141 Å². The lowest BCUT2D eigenvalue weighted by atomic mass is 9.82. The number of rotatable bonds is 16. The molecule has 3 aliphatic rings. The highest BCUT2D eigenvalue weighted by atomic mass is 16.7. The summed E-state index contributed by atoms with van der Waals surface area (Å²) in [5.41, 5.74) is -0.458. The first kappa shape index (κ1) is 33.3. The Balaban J connectivity index is 1.73. The topological polar surface area (TPSA) is 83.5 Å². The van der Waals surface area contributed by atoms with Crippen molar-refractivity contribution in [3.63, 3.8) is 0 Å². The largest absolute Gasteiger partial charge is 0.466 e. The number of ether oxygens (including phenoxy) is 5. The lowest BCUT2D eigenvalue weighted by Gasteiger charge is -2.38. The quantitative estimate of drug-likeness (QED) is 0.0948. The highest BCUT2D eigenvalue weighted by molar-refractivity contribution is 5.81. The highest BCUT2D eigenvalue weighted by Gasteiger charge is 2.43. The Kier molecular flexibility index (Phi) is 14.7. The first-order chi connectivity index (χ1) is 19.4. The van der Waals surface area contributed by atoms with Crippen molar-refractivity contribution >= 4 is 5.97 Å². The minimum atomic E-state index is -0.458. The highest BCUT2D eigenvalue weighted by Crippen LogP contribution is 2.41. The zero-order chi connectivity index (χ0) is 28.8. The average Bonchev–Trinajstić information content (AvgIpc) is 3.26. The first-order valence-corrected chi connectivity index (χ1v) is 16.0. The molecule has 4 unspecified atom stereocenters. The van der Waals surface area contributed by atoms with Gasteiger partial charge >= 0.3 is 5.97 Å². The summed E-state index contributed by atoms with van der Waals surface area (Å²) in [4.78, 5) is 11.3. The molecule has 8 atom stereocenters. The van der Waals surface area contributed by atoms with Crippen LogP contribution in [0, 0.1) is 17.8 Å². The molecule has 2 saturated heterocycles. The van der Waals surface area contributed by atoms with Crippen molar-refractivity contribution in [2.24, 2.45) is 17.8 Å². The number of esters is 1. The molecule has 3 rings (SSSR count). The van der Waals surface area contributed by atoms with Gasteiger partial charge < -0.3 is 28.8 Å². The summed E-state index contributed by atoms with van der Waals surface area (Å²) in [7, 11) is 1.39. The van der Waals surface area contributed by atoms with Crippen LogP contribution in [0.3, 0.4) is 0 Å². The van der Waals surface area contributed by atoms with Gasteiger partial charge in [0.15, 0.2) is 12.6 Å². The van der Waals surface area contributed by atoms with Gasteiger partial charge in [0.05, 0.1) is 24.9 Å². The molecular formula is C33H56O7. The van der Waals surface area contributed by atoms with E-state index in [4.69, 9.17) is 18.9 Å². The predicted octanol–water partition coefficient (Wildman–Crippen LogP) is 6.87. The number of carbonyl (C=O) groups excluding carboxylic acids is 1. The van der Waals surface area contributed by atoms with Crippen molar-refractivity contribution in [1.29, 1.82) is 0 Å². The maximum absolute atomic E-state index is 11.3. The molecule has 2 heterocycles. The minimum Gasteiger partial charge on any atom is -0.466 e. The summed E-state index contributed by atoms with van der Waals surface area (Å²) in [6.07, 6.45) is 21.0. The monoisotopic (exact) mass is 564 g/mol. The standard InChI is InChI=1S/C33H56O7/c1-5-6-15-25(2)33(3,40-32-19-12-14-23-38-32)21-20-27-26(16-9-7-8-10-17-30(35)36-4)28(34)24-29(27)39-31-18-11-13-22-37-31/h10,17,20-21,25-29,31-32,34H,5-9,11-16,18-19,22-24H2,1-4H3/b17-10+,21-20+/t25?,26-,27-,28+,29-,31?,32?,33?/m1/s1. The number of hydrogen-bond acceptors (Lipinski definition) is 7. The lowest BCUT2D eigenvalue weighted by Crippen LogP contribution is -2.40. The summed E-state index contributed by atoms with van der Waals surface area (Å²) < 4.78 is 29.8. The molecule has 0 aromatic rings. The molecule has 0 aromatic carbocycles. The van der Waals surface area contributed by atoms with Crippen LogP contribution >= 0.6 is 0 Å². The summed E-state index contributed by atoms with van der Waals surface area (Å²) in [5.74, 6) is 0.204. The second kappa shape index (κ2) is 17.6. The van der Waals surface area contributed by atoms with E-state index in [2.05, 4.69) is 37.7 Å². The van der Waals surface area contributed by atoms with Gasteiger partial charge in [-0.15, -0.1) is 0 Å². The molecule has 7 nitrogen and oxygen atoms in total. The van der Waals surface area contributed by atoms with Crippen molar-refractivity contribution in [3.8, 4) is 0 Å². The molecule has 0 radical (unpaired) electrons. The number of hydrogen-bond donors (Lipinski definition) is 1. The number of carbonyl (C=O) groups is 1. The summed E-state index contributed by atoms with van der Waals surface area (Å²) in [6, 6.07) is 0. The number of aliphatic hydroxyl groups is 1. The molecule has 0 amide bonds. The fraction of sp³-hybridized carbons (Fsp3) is 0.848. The van der Waals surface area contributed by atoms with Gasteiger partial charge in [-0.05, 0) is 83.0 Å². The number of methoxy groups -OCH3 is 1. The van der Waals surface area contributed by atoms with Crippen LogP contribution in [-0.4, -0.2) is 61.8 Å². The third-order valence-electron chi connectivity index (χ3n) is 9.11. The van der Waals surface area contributed by atoms with Crippen LogP contribution in [-0.2, 0) is 28.5 Å². The van der Waals surface area contributed by atoms with E-state index in [0.29, 0.717) is 12.3 Å². The molecule has 40 heavy (non-hydrogen) atoms. The van der Waals surface area contributed by atoms with E-state index in [-0.39, 0.29) is 36.5 Å². The minimum absolute atomic E-state index is 0.0831. The summed E-state index contributed by atoms with van der Waals surface area (Å²) in [6.45, 7) is 8.23. The molecule has 7 heteroatoms. The van der Waals surface area contributed by atoms with Crippen molar-refractivity contribution in [1.82, 2.24) is 0 Å². The van der Waals surface area contributed by atoms with E-state index in [1.54, 1.807) is 0 Å². The van der Waals surface area contributed by atoms with Crippen LogP contribution in [0.25, 0.3) is 0 Å². The van der Waals surface area contributed by atoms with Crippen LogP contribution in [0.4, 0.5) is 0 Å². The van der Waals surface area contributed by atoms with E-state index in [0.717, 1.165) is 90.3 Å². The van der Waals surface area contributed by atoms with E-state index in [9.17, 15) is 9.90 Å². The Labute approximate surface area is 243 Å². The van der Waals surface area contributed by atoms with Crippen molar-refractivity contribution < 1.29 is 33.6 Å². The van der Waals surface area contributed by atoms with Crippen LogP contribution < -0.4 is 0 Å². The van der Waals surface area contributed by atoms with E-state index in [1.807, 2.05) is 6.08 Å². The third-order valence-corrected chi connectivity index (χ3v) is 9.11. The number of allylic oxidation sites excluding steroid dienone is 1. The molecule has 230 valence electrons. The predicted molar refractivity (Wildman–Crippen MR) is 157 cm³/mol. The Morgan fingerprint density at radius 2 is 1.80 bits per heavy atom. The van der Waals surface area contributed by atoms with Gasteiger partial charge in [-0.25, -0.2) is 4.79 Å². The van der Waals surface area contributed by atoms with Gasteiger partial charge in [-0.1, -0.05) is 51.3 Å². The molecule has 1 N–H and O–H groups in total. The van der Waals surface area contributed by atoms with E-state index >= 15 is 0 Å². The molecule has 1 aliphatic carbocycles. The van der Waals surface area contributed by atoms with Gasteiger partial charge in [0.2, 0.25) is 0 Å². The Morgan fingerprint density at radius 1 is 1.07 bits per heavy atom. The summed E-state index contributed by atoms with van der Waals surface area (Å²) in [5, 5.41) is 11.2. The van der Waals surface area contributed by atoms with Crippen LogP contribution in [0.15, 0.2) is 24.3 Å². The third kappa shape index (κ3) is 10.5. The first-order valence-electron chi connectivity index (χ1n) is 16.0. The number of aliphatic hydroxyl groups excluding tert-OH is 1. The Morgan fingerprint density at radius 3 is 2.45 bits per heavy atom. The van der Waals surface area contributed by atoms with E-state index < -0.39 is 11.7 Å². The van der Waals surface area contributed by atoms with Crippen LogP contribution in [0.5, 0.6) is 0 Å². The molecule has 0 spiro atoms. The maximum Gasteiger partial charge on any atom is 0.330 e. The maximum atomic E-state index is 11.3. The van der Waals surface area contributed by atoms with Crippen LogP contribution in [0.1, 0.15) is 111 Å². The Hall–Kier alpha value is -1.25. The van der Waals surface area contributed by atoms with Gasteiger partial charge in [-0.3, -0.25) is 0 Å². The summed E-state index contributed by atoms with van der Waals surface area (Å²) >= 11 is 0. The molecule has 0 bridgehead atoms. The van der Waals surface area contributed by atoms with Gasteiger partial charge in [0, 0.05) is 31.6 Å². The second-order valence-corrected chi connectivity index (χ2v) is 12.2. The smallest absolute Gasteiger partial charge is 0.330 e. The van der Waals surface area contributed by atoms with Gasteiger partial charge in [0.25, 0.3) is 0 Å². The molecule has 0 aromatic heterocycles. The van der Waals surface area contributed by atoms with Gasteiger partial charge in [0.1, 0.15) is 0 Å². The second-order valence-electron chi connectivity index (χ2n) is 12.2. The molecule has 2 aliphatic heterocycles. The van der Waals surface area contributed by atoms with Crippen molar-refractivity contribution in [3.05, 3.63) is 24.3 Å². The normalized spacial score (nSPS) is 31.9. The zero-order valence-electron chi connectivity index (χ0n) is 25.6. The zero-order valence-corrected chi connectivity index (χ0v) is 25.6. The molecule has 3 fully saturated rings. The fourth-order valence-corrected chi connectivity index (χ4v) is 6.31. The van der Waals surface area contributed by atoms with Gasteiger partial charge in [-0.2, -0.15) is 0 Å². The Bertz CT molecular complexity index is 771. The number of unbranched alkanes of at least 4 members (excludes halogenated alkanes) is 3. The molecule has 1 saturated carbocycles. The fourth-order valence-electron chi connectivity index (χ4n) is 6.31. The molecular weight excluding hydrogens is 508 g/mol. The van der Waals surface area contributed by atoms with E-state index in [1.165, 1.54) is 19.6 Å².